The van der Waals surface area contributed by atoms with Crippen molar-refractivity contribution in [2.75, 3.05) is 6.54 Å². The summed E-state index contributed by atoms with van der Waals surface area (Å²) in [5.41, 5.74) is 1.37. The molecule has 2 heterocycles. The Morgan fingerprint density at radius 2 is 2.00 bits per heavy atom. The molecule has 4 rings (SSSR count). The molecule has 0 radical (unpaired) electrons. The van der Waals surface area contributed by atoms with E-state index in [-0.39, 0.29) is 0 Å². The van der Waals surface area contributed by atoms with Crippen molar-refractivity contribution in [3.8, 4) is 5.75 Å². The van der Waals surface area contributed by atoms with Gasteiger partial charge in [0.15, 0.2) is 6.23 Å². The molecule has 0 saturated carbocycles. The van der Waals surface area contributed by atoms with Gasteiger partial charge in [-0.15, -0.1) is 0 Å². The van der Waals surface area contributed by atoms with Crippen LogP contribution >= 0.6 is 0 Å². The highest BCUT2D eigenvalue weighted by Crippen LogP contribution is 2.36. The zero-order chi connectivity index (χ0) is 11.9. The SMILES string of the molecule is c1ccc2c3c(ccc2c1)OC1CCCCN1C3. The lowest BCUT2D eigenvalue weighted by molar-refractivity contribution is -0.0262. The molecule has 1 atom stereocenters. The number of nitrogens with zero attached hydrogens (tertiary/aromatic N) is 1. The number of hydrogen-bond donors (Lipinski definition) is 0. The third kappa shape index (κ3) is 1.52. The zero-order valence-corrected chi connectivity index (χ0v) is 10.4. The Bertz CT molecular complexity index is 593. The van der Waals surface area contributed by atoms with Gasteiger partial charge in [-0.25, -0.2) is 0 Å². The first kappa shape index (κ1) is 10.4. The van der Waals surface area contributed by atoms with Gasteiger partial charge in [0.05, 0.1) is 0 Å². The molecule has 0 amide bonds. The van der Waals surface area contributed by atoms with Crippen LogP contribution in [-0.4, -0.2) is 17.7 Å². The summed E-state index contributed by atoms with van der Waals surface area (Å²) >= 11 is 0. The highest BCUT2D eigenvalue weighted by atomic mass is 16.5. The number of rotatable bonds is 0. The molecule has 2 aromatic carbocycles. The van der Waals surface area contributed by atoms with Crippen LogP contribution in [0.2, 0.25) is 0 Å². The monoisotopic (exact) mass is 239 g/mol. The summed E-state index contributed by atoms with van der Waals surface area (Å²) in [6.45, 7) is 2.22. The lowest BCUT2D eigenvalue weighted by Crippen LogP contribution is -2.45. The van der Waals surface area contributed by atoms with E-state index in [1.165, 1.54) is 42.1 Å². The molecule has 0 spiro atoms. The van der Waals surface area contributed by atoms with Crippen molar-refractivity contribution in [2.24, 2.45) is 0 Å². The minimum Gasteiger partial charge on any atom is -0.475 e. The minimum atomic E-state index is 0.312. The molecule has 18 heavy (non-hydrogen) atoms. The van der Waals surface area contributed by atoms with E-state index in [9.17, 15) is 0 Å². The third-order valence-corrected chi connectivity index (χ3v) is 4.18. The molecular weight excluding hydrogens is 222 g/mol. The van der Waals surface area contributed by atoms with Crippen molar-refractivity contribution in [1.29, 1.82) is 0 Å². The van der Waals surface area contributed by atoms with Crippen molar-refractivity contribution in [2.45, 2.75) is 32.0 Å². The molecule has 0 aliphatic carbocycles. The third-order valence-electron chi connectivity index (χ3n) is 4.18. The molecule has 1 unspecified atom stereocenters. The number of piperidine rings is 1. The average molecular weight is 239 g/mol. The van der Waals surface area contributed by atoms with Crippen LogP contribution < -0.4 is 4.74 Å². The Morgan fingerprint density at radius 1 is 1.06 bits per heavy atom. The maximum Gasteiger partial charge on any atom is 0.152 e. The van der Waals surface area contributed by atoms with Crippen molar-refractivity contribution >= 4 is 10.8 Å². The van der Waals surface area contributed by atoms with Crippen LogP contribution in [0.25, 0.3) is 10.8 Å². The van der Waals surface area contributed by atoms with E-state index in [1.807, 2.05) is 0 Å². The van der Waals surface area contributed by atoms with Gasteiger partial charge in [0.2, 0.25) is 0 Å². The molecule has 92 valence electrons. The predicted molar refractivity (Wildman–Crippen MR) is 72.6 cm³/mol. The van der Waals surface area contributed by atoms with Crippen LogP contribution in [0.4, 0.5) is 0 Å². The average Bonchev–Trinajstić information content (AvgIpc) is 2.45. The summed E-state index contributed by atoms with van der Waals surface area (Å²) in [4.78, 5) is 2.48. The summed E-state index contributed by atoms with van der Waals surface area (Å²) in [6, 6.07) is 12.9. The topological polar surface area (TPSA) is 12.5 Å². The molecule has 0 bridgehead atoms. The molecule has 0 N–H and O–H groups in total. The Hall–Kier alpha value is -1.54. The fraction of sp³-hybridized carbons (Fsp3) is 0.375. The van der Waals surface area contributed by atoms with E-state index in [4.69, 9.17) is 4.74 Å². The lowest BCUT2D eigenvalue weighted by Gasteiger charge is -2.40. The molecule has 2 heteroatoms. The van der Waals surface area contributed by atoms with Gasteiger partial charge in [0.1, 0.15) is 5.75 Å². The van der Waals surface area contributed by atoms with Gasteiger partial charge in [0, 0.05) is 18.7 Å². The summed E-state index contributed by atoms with van der Waals surface area (Å²) in [5.74, 6) is 1.09. The largest absolute Gasteiger partial charge is 0.475 e. The van der Waals surface area contributed by atoms with Crippen molar-refractivity contribution in [1.82, 2.24) is 4.90 Å². The quantitative estimate of drug-likeness (QED) is 0.697. The summed E-state index contributed by atoms with van der Waals surface area (Å²) in [6.07, 6.45) is 4.09. The molecule has 1 fully saturated rings. The fourth-order valence-electron chi connectivity index (χ4n) is 3.21. The van der Waals surface area contributed by atoms with Gasteiger partial charge < -0.3 is 4.74 Å². The Balaban J connectivity index is 1.85. The van der Waals surface area contributed by atoms with Crippen LogP contribution in [0.15, 0.2) is 36.4 Å². The summed E-state index contributed by atoms with van der Waals surface area (Å²) in [5, 5.41) is 2.66. The number of hydrogen-bond acceptors (Lipinski definition) is 2. The predicted octanol–water partition coefficient (Wildman–Crippen LogP) is 3.54. The molecule has 2 aliphatic rings. The first-order chi connectivity index (χ1) is 8.92. The van der Waals surface area contributed by atoms with Gasteiger partial charge in [-0.3, -0.25) is 4.90 Å². The molecule has 2 nitrogen and oxygen atoms in total. The second-order valence-electron chi connectivity index (χ2n) is 5.30. The molecule has 0 aromatic heterocycles. The highest BCUT2D eigenvalue weighted by Gasteiger charge is 2.30. The standard InChI is InChI=1S/C16H17NO/c1-2-6-13-12(5-1)8-9-15-14(13)11-17-10-4-3-7-16(17)18-15/h1-2,5-6,8-9,16H,3-4,7,10-11H2. The molecule has 1 saturated heterocycles. The van der Waals surface area contributed by atoms with E-state index in [1.54, 1.807) is 0 Å². The van der Waals surface area contributed by atoms with E-state index in [0.29, 0.717) is 6.23 Å². The van der Waals surface area contributed by atoms with Crippen LogP contribution in [0.5, 0.6) is 5.75 Å². The summed E-state index contributed by atoms with van der Waals surface area (Å²) in [7, 11) is 0. The zero-order valence-electron chi connectivity index (χ0n) is 10.4. The van der Waals surface area contributed by atoms with E-state index >= 15 is 0 Å². The lowest BCUT2D eigenvalue weighted by atomic mass is 9.99. The number of fused-ring (bicyclic) bond motifs is 4. The highest BCUT2D eigenvalue weighted by molar-refractivity contribution is 5.87. The van der Waals surface area contributed by atoms with Gasteiger partial charge in [-0.05, 0) is 36.1 Å². The van der Waals surface area contributed by atoms with Gasteiger partial charge in [0.25, 0.3) is 0 Å². The van der Waals surface area contributed by atoms with Crippen LogP contribution in [0.1, 0.15) is 24.8 Å². The fourth-order valence-corrected chi connectivity index (χ4v) is 3.21. The molecule has 2 aliphatic heterocycles. The van der Waals surface area contributed by atoms with Gasteiger partial charge >= 0.3 is 0 Å². The maximum atomic E-state index is 6.17. The van der Waals surface area contributed by atoms with E-state index in [0.717, 1.165) is 12.3 Å². The van der Waals surface area contributed by atoms with Crippen molar-refractivity contribution in [3.05, 3.63) is 42.0 Å². The van der Waals surface area contributed by atoms with Crippen molar-refractivity contribution in [3.63, 3.8) is 0 Å². The van der Waals surface area contributed by atoms with Crippen molar-refractivity contribution < 1.29 is 4.74 Å². The van der Waals surface area contributed by atoms with Gasteiger partial charge in [-0.1, -0.05) is 30.3 Å². The van der Waals surface area contributed by atoms with Gasteiger partial charge in [-0.2, -0.15) is 0 Å². The van der Waals surface area contributed by atoms with E-state index in [2.05, 4.69) is 41.3 Å². The maximum absolute atomic E-state index is 6.17. The van der Waals surface area contributed by atoms with Crippen LogP contribution in [0, 0.1) is 0 Å². The second kappa shape index (κ2) is 3.99. The second-order valence-corrected chi connectivity index (χ2v) is 5.30. The summed E-state index contributed by atoms with van der Waals surface area (Å²) < 4.78 is 6.17. The van der Waals surface area contributed by atoms with E-state index < -0.39 is 0 Å². The van der Waals surface area contributed by atoms with Crippen LogP contribution in [-0.2, 0) is 6.54 Å². The minimum absolute atomic E-state index is 0.312. The number of ether oxygens (including phenoxy) is 1. The Kier molecular flexibility index (Phi) is 2.30. The Morgan fingerprint density at radius 3 is 3.00 bits per heavy atom. The van der Waals surface area contributed by atoms with Crippen LogP contribution in [0.3, 0.4) is 0 Å². The molecule has 2 aromatic rings. The normalized spacial score (nSPS) is 23.2. The smallest absolute Gasteiger partial charge is 0.152 e. The first-order valence-electron chi connectivity index (χ1n) is 6.83. The first-order valence-corrected chi connectivity index (χ1v) is 6.83. The molecular formula is C16H17NO. The Labute approximate surface area is 107 Å². The number of benzene rings is 2.